The van der Waals surface area contributed by atoms with Crippen molar-refractivity contribution in [3.05, 3.63) is 134 Å². The lowest BCUT2D eigenvalue weighted by atomic mass is 10.0. The van der Waals surface area contributed by atoms with Crippen LogP contribution in [-0.2, 0) is 28.6 Å². The molecule has 0 amide bonds. The summed E-state index contributed by atoms with van der Waals surface area (Å²) in [6.07, 6.45) is 81.6. The first-order valence-corrected chi connectivity index (χ1v) is 28.7. The fourth-order valence-corrected chi connectivity index (χ4v) is 7.41. The summed E-state index contributed by atoms with van der Waals surface area (Å²) in [6.45, 7) is 6.34. The average Bonchev–Trinajstić information content (AvgIpc) is 3.37. The van der Waals surface area contributed by atoms with Crippen molar-refractivity contribution in [3.63, 3.8) is 0 Å². The van der Waals surface area contributed by atoms with E-state index in [4.69, 9.17) is 14.2 Å². The number of carbonyl (C=O) groups is 3. The van der Waals surface area contributed by atoms with E-state index in [2.05, 4.69) is 154 Å². The number of esters is 3. The SMILES string of the molecule is CC/C=C\C/C=C\C/C=C\C/C=C\C/C=C\C/C=C\C/C=C\CCCCCC(=O)OCC(COC(=O)CCCCCCCCCCCCCCC)OC(=O)CCCC/C=C\C/C=C\C/C=C\C/C=C\CC. The monoisotopic (exact) mass is 981 g/mol. The lowest BCUT2D eigenvalue weighted by Gasteiger charge is -2.18. The van der Waals surface area contributed by atoms with Crippen LogP contribution in [-0.4, -0.2) is 37.2 Å². The largest absolute Gasteiger partial charge is 0.462 e. The van der Waals surface area contributed by atoms with Gasteiger partial charge in [0.2, 0.25) is 0 Å². The van der Waals surface area contributed by atoms with E-state index in [1.54, 1.807) is 0 Å². The maximum atomic E-state index is 12.8. The zero-order chi connectivity index (χ0) is 51.4. The highest BCUT2D eigenvalue weighted by molar-refractivity contribution is 5.71. The van der Waals surface area contributed by atoms with E-state index >= 15 is 0 Å². The minimum absolute atomic E-state index is 0.108. The van der Waals surface area contributed by atoms with Crippen LogP contribution in [0, 0.1) is 0 Å². The van der Waals surface area contributed by atoms with Crippen molar-refractivity contribution in [1.29, 1.82) is 0 Å². The number of rotatable bonds is 50. The third-order valence-corrected chi connectivity index (χ3v) is 11.7. The van der Waals surface area contributed by atoms with Crippen LogP contribution in [0.4, 0.5) is 0 Å². The van der Waals surface area contributed by atoms with Gasteiger partial charge < -0.3 is 14.2 Å². The molecule has 0 N–H and O–H groups in total. The molecule has 0 aliphatic rings. The summed E-state index contributed by atoms with van der Waals surface area (Å²) < 4.78 is 16.8. The summed E-state index contributed by atoms with van der Waals surface area (Å²) in [4.78, 5) is 38.1. The normalized spacial score (nSPS) is 13.1. The van der Waals surface area contributed by atoms with E-state index < -0.39 is 6.10 Å². The zero-order valence-corrected chi connectivity index (χ0v) is 45.7. The standard InChI is InChI=1S/C65H104O6/c1-4-7-10-13-16-19-22-25-27-28-29-30-31-32-33-34-35-36-38-40-43-46-49-52-55-58-64(67)70-61-62(60-69-63(66)57-54-51-48-45-42-39-24-21-18-15-12-9-6-3)71-65(68)59-56-53-50-47-44-41-37-26-23-20-17-14-11-8-5-2/h7-8,10-11,16-17,19-20,25-27,29-30,32-33,35-37,40,43-44,47,62H,4-6,9,12-15,18,21-24,28,31,34,38-39,41-42,45-46,48-61H2,1-3H3/b10-7-,11-8-,19-16-,20-17-,27-25-,30-29-,33-32-,36-35-,37-26-,43-40-,47-44-. The van der Waals surface area contributed by atoms with E-state index in [0.29, 0.717) is 19.3 Å². The fraction of sp³-hybridized carbons (Fsp3) is 0.615. The molecule has 71 heavy (non-hydrogen) atoms. The Morgan fingerprint density at radius 2 is 0.549 bits per heavy atom. The average molecular weight is 982 g/mol. The molecule has 0 heterocycles. The number of hydrogen-bond donors (Lipinski definition) is 0. The van der Waals surface area contributed by atoms with Gasteiger partial charge in [-0.25, -0.2) is 0 Å². The highest BCUT2D eigenvalue weighted by atomic mass is 16.6. The number of carbonyl (C=O) groups excluding carboxylic acids is 3. The molecule has 1 atom stereocenters. The summed E-state index contributed by atoms with van der Waals surface area (Å²) in [5.41, 5.74) is 0. The van der Waals surface area contributed by atoms with Crippen molar-refractivity contribution in [3.8, 4) is 0 Å². The fourth-order valence-electron chi connectivity index (χ4n) is 7.41. The molecule has 400 valence electrons. The van der Waals surface area contributed by atoms with Gasteiger partial charge in [0.15, 0.2) is 6.10 Å². The van der Waals surface area contributed by atoms with Gasteiger partial charge in [-0.2, -0.15) is 0 Å². The smallest absolute Gasteiger partial charge is 0.306 e. The van der Waals surface area contributed by atoms with Crippen molar-refractivity contribution in [1.82, 2.24) is 0 Å². The molecule has 1 unspecified atom stereocenters. The van der Waals surface area contributed by atoms with Gasteiger partial charge in [-0.05, 0) is 116 Å². The van der Waals surface area contributed by atoms with Crippen LogP contribution >= 0.6 is 0 Å². The van der Waals surface area contributed by atoms with E-state index in [-0.39, 0.29) is 37.5 Å². The number of ether oxygens (including phenoxy) is 3. The maximum Gasteiger partial charge on any atom is 0.306 e. The van der Waals surface area contributed by atoms with Gasteiger partial charge in [-0.1, -0.05) is 238 Å². The van der Waals surface area contributed by atoms with Crippen molar-refractivity contribution >= 4 is 17.9 Å². The van der Waals surface area contributed by atoms with Crippen LogP contribution in [0.25, 0.3) is 0 Å². The van der Waals surface area contributed by atoms with Gasteiger partial charge in [-0.15, -0.1) is 0 Å². The molecule has 0 rings (SSSR count). The Hall–Kier alpha value is -4.45. The maximum absolute atomic E-state index is 12.8. The summed E-state index contributed by atoms with van der Waals surface area (Å²) in [7, 11) is 0. The Morgan fingerprint density at radius 1 is 0.296 bits per heavy atom. The molecule has 0 fully saturated rings. The second-order valence-corrected chi connectivity index (χ2v) is 18.4. The van der Waals surface area contributed by atoms with Gasteiger partial charge in [0, 0.05) is 19.3 Å². The molecule has 0 radical (unpaired) electrons. The van der Waals surface area contributed by atoms with Crippen LogP contribution in [0.5, 0.6) is 0 Å². The van der Waals surface area contributed by atoms with Crippen molar-refractivity contribution in [2.45, 2.75) is 245 Å². The van der Waals surface area contributed by atoms with Gasteiger partial charge >= 0.3 is 17.9 Å². The summed E-state index contributed by atoms with van der Waals surface area (Å²) in [5, 5.41) is 0. The van der Waals surface area contributed by atoms with Crippen molar-refractivity contribution in [2.75, 3.05) is 13.2 Å². The Morgan fingerprint density at radius 3 is 0.887 bits per heavy atom. The van der Waals surface area contributed by atoms with Crippen LogP contribution in [0.2, 0.25) is 0 Å². The summed E-state index contributed by atoms with van der Waals surface area (Å²) in [5.74, 6) is -0.988. The van der Waals surface area contributed by atoms with Crippen LogP contribution in [0.3, 0.4) is 0 Å². The number of unbranched alkanes of at least 4 members (excludes halogenated alkanes) is 17. The highest BCUT2D eigenvalue weighted by Crippen LogP contribution is 2.14. The second kappa shape index (κ2) is 58.1. The van der Waals surface area contributed by atoms with Crippen molar-refractivity contribution in [2.24, 2.45) is 0 Å². The van der Waals surface area contributed by atoms with E-state index in [9.17, 15) is 14.4 Å². The minimum Gasteiger partial charge on any atom is -0.462 e. The third kappa shape index (κ3) is 56.3. The molecular formula is C65H104O6. The predicted octanol–water partition coefficient (Wildman–Crippen LogP) is 19.4. The first-order valence-electron chi connectivity index (χ1n) is 28.7. The highest BCUT2D eigenvalue weighted by Gasteiger charge is 2.19. The van der Waals surface area contributed by atoms with Crippen LogP contribution in [0.1, 0.15) is 239 Å². The molecule has 0 aliphatic heterocycles. The van der Waals surface area contributed by atoms with E-state index in [1.807, 2.05) is 0 Å². The van der Waals surface area contributed by atoms with E-state index in [0.717, 1.165) is 128 Å². The number of allylic oxidation sites excluding steroid dienone is 22. The van der Waals surface area contributed by atoms with Gasteiger partial charge in [0.1, 0.15) is 13.2 Å². The lowest BCUT2D eigenvalue weighted by Crippen LogP contribution is -2.30. The Bertz CT molecular complexity index is 1550. The summed E-state index contributed by atoms with van der Waals surface area (Å²) >= 11 is 0. The molecule has 6 heteroatoms. The molecule has 0 aromatic rings. The van der Waals surface area contributed by atoms with Crippen molar-refractivity contribution < 1.29 is 28.6 Å². The van der Waals surface area contributed by atoms with E-state index in [1.165, 1.54) is 64.2 Å². The van der Waals surface area contributed by atoms with Gasteiger partial charge in [0.05, 0.1) is 0 Å². The third-order valence-electron chi connectivity index (χ3n) is 11.7. The molecular weight excluding hydrogens is 877 g/mol. The van der Waals surface area contributed by atoms with Gasteiger partial charge in [0.25, 0.3) is 0 Å². The minimum atomic E-state index is -0.817. The molecule has 0 aromatic heterocycles. The lowest BCUT2D eigenvalue weighted by molar-refractivity contribution is -0.167. The first-order chi connectivity index (χ1) is 35.0. The van der Waals surface area contributed by atoms with Gasteiger partial charge in [-0.3, -0.25) is 14.4 Å². The molecule has 0 aliphatic carbocycles. The molecule has 0 saturated heterocycles. The number of hydrogen-bond acceptors (Lipinski definition) is 6. The molecule has 0 bridgehead atoms. The molecule has 0 spiro atoms. The van der Waals surface area contributed by atoms with Crippen LogP contribution in [0.15, 0.2) is 134 Å². The molecule has 0 aromatic carbocycles. The topological polar surface area (TPSA) is 78.9 Å². The Balaban J connectivity index is 4.47. The Kier molecular flexibility index (Phi) is 54.5. The predicted molar refractivity (Wildman–Crippen MR) is 306 cm³/mol. The first kappa shape index (κ1) is 66.6. The van der Waals surface area contributed by atoms with Crippen LogP contribution < -0.4 is 0 Å². The zero-order valence-electron chi connectivity index (χ0n) is 45.7. The summed E-state index contributed by atoms with van der Waals surface area (Å²) in [6, 6.07) is 0. The quantitative estimate of drug-likeness (QED) is 0.0262. The molecule has 0 saturated carbocycles. The molecule has 6 nitrogen and oxygen atoms in total. The Labute approximate surface area is 436 Å². The second-order valence-electron chi connectivity index (χ2n) is 18.4.